The standard InChI is InChI=1S/C17H30N4S/c1-4-18-17(20-13-16-14(3)9-11-22-16)19-12-15-8-6-7-10-21(15)5-2/h9,11,15H,4-8,10,12-13H2,1-3H3,(H2,18,19,20). The topological polar surface area (TPSA) is 39.7 Å². The summed E-state index contributed by atoms with van der Waals surface area (Å²) in [7, 11) is 0. The van der Waals surface area contributed by atoms with E-state index in [0.29, 0.717) is 6.04 Å². The minimum atomic E-state index is 0.645. The minimum Gasteiger partial charge on any atom is -0.357 e. The summed E-state index contributed by atoms with van der Waals surface area (Å²) in [6.45, 7) is 11.6. The molecule has 1 fully saturated rings. The van der Waals surface area contributed by atoms with Crippen LogP contribution in [0.15, 0.2) is 16.4 Å². The van der Waals surface area contributed by atoms with Crippen LogP contribution < -0.4 is 10.6 Å². The maximum atomic E-state index is 4.74. The lowest BCUT2D eigenvalue weighted by Crippen LogP contribution is -2.49. The van der Waals surface area contributed by atoms with Crippen molar-refractivity contribution in [1.29, 1.82) is 0 Å². The SMILES string of the molecule is CCNC(=NCc1sccc1C)NCC1CCCCN1CC. The van der Waals surface area contributed by atoms with E-state index in [2.05, 4.69) is 47.8 Å². The van der Waals surface area contributed by atoms with E-state index in [1.807, 2.05) is 0 Å². The van der Waals surface area contributed by atoms with Gasteiger partial charge in [0.15, 0.2) is 5.96 Å². The van der Waals surface area contributed by atoms with E-state index in [4.69, 9.17) is 4.99 Å². The van der Waals surface area contributed by atoms with Gasteiger partial charge in [-0.25, -0.2) is 4.99 Å². The van der Waals surface area contributed by atoms with Crippen LogP contribution in [-0.4, -0.2) is 43.1 Å². The number of piperidine rings is 1. The Morgan fingerprint density at radius 1 is 1.36 bits per heavy atom. The first-order valence-electron chi connectivity index (χ1n) is 8.53. The van der Waals surface area contributed by atoms with Crippen molar-refractivity contribution in [3.8, 4) is 0 Å². The van der Waals surface area contributed by atoms with E-state index in [9.17, 15) is 0 Å². The fourth-order valence-electron chi connectivity index (χ4n) is 2.98. The molecule has 2 heterocycles. The van der Waals surface area contributed by atoms with Gasteiger partial charge in [-0.2, -0.15) is 0 Å². The molecule has 0 radical (unpaired) electrons. The molecule has 2 rings (SSSR count). The molecule has 0 spiro atoms. The van der Waals surface area contributed by atoms with Gasteiger partial charge in [-0.1, -0.05) is 13.3 Å². The van der Waals surface area contributed by atoms with Gasteiger partial charge >= 0.3 is 0 Å². The highest BCUT2D eigenvalue weighted by molar-refractivity contribution is 7.10. The molecule has 5 heteroatoms. The van der Waals surface area contributed by atoms with E-state index in [0.717, 1.165) is 32.1 Å². The average Bonchev–Trinajstić information content (AvgIpc) is 2.95. The molecule has 1 aliphatic rings. The van der Waals surface area contributed by atoms with Gasteiger partial charge < -0.3 is 10.6 Å². The Morgan fingerprint density at radius 3 is 2.91 bits per heavy atom. The predicted molar refractivity (Wildman–Crippen MR) is 96.8 cm³/mol. The molecule has 0 aliphatic carbocycles. The molecule has 0 saturated carbocycles. The van der Waals surface area contributed by atoms with Crippen molar-refractivity contribution in [1.82, 2.24) is 15.5 Å². The van der Waals surface area contributed by atoms with E-state index in [1.165, 1.54) is 36.2 Å². The van der Waals surface area contributed by atoms with Crippen LogP contribution in [0, 0.1) is 6.92 Å². The lowest BCUT2D eigenvalue weighted by Gasteiger charge is -2.35. The molecule has 1 aliphatic heterocycles. The molecule has 2 N–H and O–H groups in total. The molecule has 0 amide bonds. The molecule has 22 heavy (non-hydrogen) atoms. The van der Waals surface area contributed by atoms with Crippen LogP contribution in [0.25, 0.3) is 0 Å². The number of hydrogen-bond donors (Lipinski definition) is 2. The fourth-order valence-corrected chi connectivity index (χ4v) is 3.81. The van der Waals surface area contributed by atoms with Crippen molar-refractivity contribution in [3.05, 3.63) is 21.9 Å². The second-order valence-electron chi connectivity index (χ2n) is 5.88. The zero-order chi connectivity index (χ0) is 15.8. The van der Waals surface area contributed by atoms with Crippen molar-refractivity contribution in [2.24, 2.45) is 4.99 Å². The minimum absolute atomic E-state index is 0.645. The van der Waals surface area contributed by atoms with Crippen LogP contribution in [0.3, 0.4) is 0 Å². The highest BCUT2D eigenvalue weighted by Crippen LogP contribution is 2.17. The third kappa shape index (κ3) is 4.99. The number of thiophene rings is 1. The van der Waals surface area contributed by atoms with Crippen molar-refractivity contribution in [2.75, 3.05) is 26.2 Å². The summed E-state index contributed by atoms with van der Waals surface area (Å²) >= 11 is 1.79. The first-order chi connectivity index (χ1) is 10.7. The van der Waals surface area contributed by atoms with Gasteiger partial charge in [-0.3, -0.25) is 4.90 Å². The predicted octanol–water partition coefficient (Wildman–Crippen LogP) is 2.99. The molecule has 1 saturated heterocycles. The smallest absolute Gasteiger partial charge is 0.191 e. The number of hydrogen-bond acceptors (Lipinski definition) is 3. The van der Waals surface area contributed by atoms with Gasteiger partial charge in [0.1, 0.15) is 0 Å². The van der Waals surface area contributed by atoms with Crippen molar-refractivity contribution < 1.29 is 0 Å². The van der Waals surface area contributed by atoms with Gasteiger partial charge in [0, 0.05) is 24.0 Å². The second kappa shape index (κ2) is 9.16. The molecular weight excluding hydrogens is 292 g/mol. The Hall–Kier alpha value is -1.07. The molecular formula is C17H30N4S. The summed E-state index contributed by atoms with van der Waals surface area (Å²) in [5.74, 6) is 0.942. The zero-order valence-corrected chi connectivity index (χ0v) is 15.0. The van der Waals surface area contributed by atoms with Crippen molar-refractivity contribution in [2.45, 2.75) is 52.6 Å². The zero-order valence-electron chi connectivity index (χ0n) is 14.2. The first-order valence-corrected chi connectivity index (χ1v) is 9.41. The molecule has 1 aromatic rings. The van der Waals surface area contributed by atoms with Gasteiger partial charge in [-0.05, 0) is 56.8 Å². The van der Waals surface area contributed by atoms with Crippen LogP contribution in [0.1, 0.15) is 43.6 Å². The quantitative estimate of drug-likeness (QED) is 0.625. The molecule has 124 valence electrons. The lowest BCUT2D eigenvalue weighted by atomic mass is 10.0. The number of likely N-dealkylation sites (tertiary alicyclic amines) is 1. The van der Waals surface area contributed by atoms with Crippen LogP contribution in [0.2, 0.25) is 0 Å². The maximum absolute atomic E-state index is 4.74. The third-order valence-corrected chi connectivity index (χ3v) is 5.36. The molecule has 4 nitrogen and oxygen atoms in total. The number of aliphatic imine (C=N–C) groups is 1. The number of likely N-dealkylation sites (N-methyl/N-ethyl adjacent to an activating group) is 1. The Morgan fingerprint density at radius 2 is 2.23 bits per heavy atom. The van der Waals surface area contributed by atoms with Crippen LogP contribution in [-0.2, 0) is 6.54 Å². The fraction of sp³-hybridized carbons (Fsp3) is 0.706. The van der Waals surface area contributed by atoms with E-state index in [-0.39, 0.29) is 0 Å². The van der Waals surface area contributed by atoms with E-state index >= 15 is 0 Å². The molecule has 1 unspecified atom stereocenters. The van der Waals surface area contributed by atoms with Gasteiger partial charge in [0.25, 0.3) is 0 Å². The monoisotopic (exact) mass is 322 g/mol. The van der Waals surface area contributed by atoms with Gasteiger partial charge in [-0.15, -0.1) is 11.3 Å². The summed E-state index contributed by atoms with van der Waals surface area (Å²) in [5.41, 5.74) is 1.34. The van der Waals surface area contributed by atoms with Gasteiger partial charge in [0.2, 0.25) is 0 Å². The summed E-state index contributed by atoms with van der Waals surface area (Å²) in [6, 6.07) is 2.81. The highest BCUT2D eigenvalue weighted by atomic mass is 32.1. The van der Waals surface area contributed by atoms with Crippen LogP contribution in [0.5, 0.6) is 0 Å². The highest BCUT2D eigenvalue weighted by Gasteiger charge is 2.20. The Balaban J connectivity index is 1.89. The van der Waals surface area contributed by atoms with Crippen LogP contribution >= 0.6 is 11.3 Å². The molecule has 0 bridgehead atoms. The largest absolute Gasteiger partial charge is 0.357 e. The summed E-state index contributed by atoms with van der Waals surface area (Å²) < 4.78 is 0. The summed E-state index contributed by atoms with van der Waals surface area (Å²) in [4.78, 5) is 8.68. The lowest BCUT2D eigenvalue weighted by molar-refractivity contribution is 0.157. The Labute approximate surface area is 139 Å². The van der Waals surface area contributed by atoms with E-state index < -0.39 is 0 Å². The van der Waals surface area contributed by atoms with Crippen molar-refractivity contribution >= 4 is 17.3 Å². The normalized spacial score (nSPS) is 20.1. The molecule has 1 atom stereocenters. The Kier molecular flexibility index (Phi) is 7.19. The number of aryl methyl sites for hydroxylation is 1. The number of guanidine groups is 1. The first kappa shape index (κ1) is 17.3. The van der Waals surface area contributed by atoms with E-state index in [1.54, 1.807) is 11.3 Å². The Bertz CT molecular complexity index is 469. The third-order valence-electron chi connectivity index (χ3n) is 4.35. The van der Waals surface area contributed by atoms with Crippen LogP contribution in [0.4, 0.5) is 0 Å². The second-order valence-corrected chi connectivity index (χ2v) is 6.88. The number of nitrogens with zero attached hydrogens (tertiary/aromatic N) is 2. The maximum Gasteiger partial charge on any atom is 0.191 e. The number of nitrogens with one attached hydrogen (secondary N) is 2. The average molecular weight is 323 g/mol. The van der Waals surface area contributed by atoms with Crippen molar-refractivity contribution in [3.63, 3.8) is 0 Å². The number of rotatable bonds is 6. The van der Waals surface area contributed by atoms with Gasteiger partial charge in [0.05, 0.1) is 6.54 Å². The molecule has 0 aromatic carbocycles. The molecule has 1 aromatic heterocycles. The summed E-state index contributed by atoms with van der Waals surface area (Å²) in [5, 5.41) is 9.04. The summed E-state index contributed by atoms with van der Waals surface area (Å²) in [6.07, 6.45) is 3.99.